The summed E-state index contributed by atoms with van der Waals surface area (Å²) in [5.41, 5.74) is -0.791. The second kappa shape index (κ2) is 5.86. The van der Waals surface area contributed by atoms with E-state index in [4.69, 9.17) is 4.74 Å². The largest absolute Gasteiger partial charge is 0.384 e. The molecule has 0 aromatic carbocycles. The van der Waals surface area contributed by atoms with Crippen LogP contribution in [0.5, 0.6) is 0 Å². The summed E-state index contributed by atoms with van der Waals surface area (Å²) in [6.45, 7) is 0. The van der Waals surface area contributed by atoms with Crippen molar-refractivity contribution in [3.63, 3.8) is 0 Å². The molecule has 2 N–H and O–H groups in total. The maximum absolute atomic E-state index is 14.3. The summed E-state index contributed by atoms with van der Waals surface area (Å²) in [7, 11) is 0. The van der Waals surface area contributed by atoms with Gasteiger partial charge in [0.25, 0.3) is 5.56 Å². The van der Waals surface area contributed by atoms with Crippen LogP contribution in [0.2, 0.25) is 0 Å². The molecule has 6 nitrogen and oxygen atoms in total. The van der Waals surface area contributed by atoms with Crippen LogP contribution >= 0.6 is 0 Å². The summed E-state index contributed by atoms with van der Waals surface area (Å²) in [5.74, 6) is -3.64. The average Bonchev–Trinajstić information content (AvgIpc) is 2.72. The van der Waals surface area contributed by atoms with E-state index in [1.807, 2.05) is 23.2 Å². The first kappa shape index (κ1) is 15.8. The molecule has 1 aliphatic heterocycles. The quantitative estimate of drug-likeness (QED) is 0.871. The second-order valence-corrected chi connectivity index (χ2v) is 5.66. The molecular weight excluding hydrogens is 310 g/mol. The number of aliphatic hydroxyl groups is 1. The number of halogens is 2. The van der Waals surface area contributed by atoms with Crippen LogP contribution in [0.15, 0.2) is 45.7 Å². The molecule has 0 unspecified atom stereocenters. The van der Waals surface area contributed by atoms with E-state index in [0.29, 0.717) is 4.57 Å². The summed E-state index contributed by atoms with van der Waals surface area (Å²) >= 11 is 0. The zero-order valence-electron chi connectivity index (χ0n) is 12.1. The van der Waals surface area contributed by atoms with Gasteiger partial charge in [0.05, 0.1) is 6.10 Å². The topological polar surface area (TPSA) is 84.3 Å². The molecule has 8 heteroatoms. The zero-order valence-corrected chi connectivity index (χ0v) is 12.1. The fourth-order valence-electron chi connectivity index (χ4n) is 2.83. The number of hydrogen-bond acceptors (Lipinski definition) is 4. The van der Waals surface area contributed by atoms with Gasteiger partial charge in [0.15, 0.2) is 0 Å². The minimum absolute atomic E-state index is 0.162. The molecule has 0 amide bonds. The van der Waals surface area contributed by atoms with Crippen LogP contribution in [-0.2, 0) is 4.74 Å². The molecule has 0 saturated carbocycles. The molecule has 124 valence electrons. The third-order valence-corrected chi connectivity index (χ3v) is 4.05. The zero-order chi connectivity index (χ0) is 16.6. The Kier molecular flexibility index (Phi) is 4.03. The van der Waals surface area contributed by atoms with E-state index in [2.05, 4.69) is 0 Å². The number of allylic oxidation sites excluding steroid dienone is 3. The van der Waals surface area contributed by atoms with Crippen LogP contribution in [0, 0.1) is 0 Å². The van der Waals surface area contributed by atoms with Gasteiger partial charge in [-0.15, -0.1) is 0 Å². The number of rotatable bonds is 3. The SMILES string of the molecule is O=c1ccn([C@@H]2O[C@H](CC3=CC=CCC3)[C@@H](O)C2(F)F)c(=O)[nH]1. The Balaban J connectivity index is 1.87. The fourth-order valence-corrected chi connectivity index (χ4v) is 2.83. The Hall–Kier alpha value is -2.06. The van der Waals surface area contributed by atoms with Gasteiger partial charge in [-0.05, 0) is 19.3 Å². The highest BCUT2D eigenvalue weighted by atomic mass is 19.3. The van der Waals surface area contributed by atoms with E-state index < -0.39 is 35.6 Å². The van der Waals surface area contributed by atoms with Crippen LogP contribution in [-0.4, -0.2) is 32.8 Å². The van der Waals surface area contributed by atoms with Crippen molar-refractivity contribution in [1.29, 1.82) is 0 Å². The normalized spacial score (nSPS) is 29.5. The number of aliphatic hydroxyl groups excluding tert-OH is 1. The lowest BCUT2D eigenvalue weighted by molar-refractivity contribution is -0.140. The van der Waals surface area contributed by atoms with E-state index in [1.54, 1.807) is 0 Å². The average molecular weight is 326 g/mol. The molecule has 0 radical (unpaired) electrons. The second-order valence-electron chi connectivity index (χ2n) is 5.66. The van der Waals surface area contributed by atoms with Crippen LogP contribution < -0.4 is 11.2 Å². The maximum atomic E-state index is 14.3. The van der Waals surface area contributed by atoms with Gasteiger partial charge < -0.3 is 9.84 Å². The van der Waals surface area contributed by atoms with Gasteiger partial charge in [-0.2, -0.15) is 8.78 Å². The van der Waals surface area contributed by atoms with Crippen LogP contribution in [0.3, 0.4) is 0 Å². The molecule has 1 saturated heterocycles. The number of aromatic nitrogens is 2. The minimum Gasteiger partial charge on any atom is -0.384 e. The maximum Gasteiger partial charge on any atom is 0.330 e. The lowest BCUT2D eigenvalue weighted by Gasteiger charge is -2.20. The van der Waals surface area contributed by atoms with Crippen molar-refractivity contribution in [2.45, 2.75) is 43.6 Å². The summed E-state index contributed by atoms with van der Waals surface area (Å²) in [6, 6.07) is 0.953. The van der Waals surface area contributed by atoms with E-state index in [9.17, 15) is 23.5 Å². The highest BCUT2D eigenvalue weighted by Gasteiger charge is 2.59. The number of aromatic amines is 1. The third-order valence-electron chi connectivity index (χ3n) is 4.05. The Morgan fingerprint density at radius 2 is 2.22 bits per heavy atom. The number of ether oxygens (including phenoxy) is 1. The van der Waals surface area contributed by atoms with Gasteiger partial charge >= 0.3 is 11.6 Å². The highest BCUT2D eigenvalue weighted by molar-refractivity contribution is 5.19. The van der Waals surface area contributed by atoms with E-state index >= 15 is 0 Å². The van der Waals surface area contributed by atoms with Crippen molar-refractivity contribution in [2.24, 2.45) is 0 Å². The Morgan fingerprint density at radius 3 is 2.87 bits per heavy atom. The fraction of sp³-hybridized carbons (Fsp3) is 0.467. The van der Waals surface area contributed by atoms with Crippen molar-refractivity contribution in [2.75, 3.05) is 0 Å². The highest BCUT2D eigenvalue weighted by Crippen LogP contribution is 2.44. The number of nitrogens with one attached hydrogen (secondary N) is 1. The van der Waals surface area contributed by atoms with Gasteiger partial charge in [0, 0.05) is 12.3 Å². The third kappa shape index (κ3) is 2.91. The van der Waals surface area contributed by atoms with Crippen LogP contribution in [0.4, 0.5) is 8.78 Å². The van der Waals surface area contributed by atoms with Gasteiger partial charge in [0.2, 0.25) is 6.23 Å². The van der Waals surface area contributed by atoms with Crippen LogP contribution in [0.1, 0.15) is 25.5 Å². The van der Waals surface area contributed by atoms with Crippen LogP contribution in [0.25, 0.3) is 0 Å². The molecule has 1 aromatic heterocycles. The number of alkyl halides is 2. The van der Waals surface area contributed by atoms with E-state index in [-0.39, 0.29) is 6.42 Å². The van der Waals surface area contributed by atoms with Gasteiger partial charge in [0.1, 0.15) is 6.10 Å². The standard InChI is InChI=1S/C15H16F2N2O4/c16-15(17)12(21)10(8-9-4-2-1-3-5-9)23-13(15)19-7-6-11(20)18-14(19)22/h1-2,4,6-7,10,12-13,21H,3,5,8H2,(H,18,20,22)/t10-,12-,13-/m1/s1. The first-order valence-corrected chi connectivity index (χ1v) is 7.27. The van der Waals surface area contributed by atoms with Crippen molar-refractivity contribution in [1.82, 2.24) is 9.55 Å². The first-order valence-electron chi connectivity index (χ1n) is 7.27. The van der Waals surface area contributed by atoms with Gasteiger partial charge in [-0.25, -0.2) is 4.79 Å². The Labute approximate surface area is 129 Å². The summed E-state index contributed by atoms with van der Waals surface area (Å²) in [4.78, 5) is 24.7. The smallest absolute Gasteiger partial charge is 0.330 e. The molecule has 1 fully saturated rings. The van der Waals surface area contributed by atoms with Crippen molar-refractivity contribution in [3.05, 3.63) is 56.9 Å². The number of H-pyrrole nitrogens is 1. The Morgan fingerprint density at radius 1 is 1.43 bits per heavy atom. The van der Waals surface area contributed by atoms with Crippen molar-refractivity contribution >= 4 is 0 Å². The molecule has 0 bridgehead atoms. The molecule has 3 rings (SSSR count). The lowest BCUT2D eigenvalue weighted by atomic mass is 9.96. The minimum atomic E-state index is -3.64. The predicted octanol–water partition coefficient (Wildman–Crippen LogP) is 1.10. The van der Waals surface area contributed by atoms with Gasteiger partial charge in [-0.1, -0.05) is 23.8 Å². The summed E-state index contributed by atoms with van der Waals surface area (Å²) in [5, 5.41) is 9.92. The molecular formula is C15H16F2N2O4. The van der Waals surface area contributed by atoms with E-state index in [1.165, 1.54) is 0 Å². The summed E-state index contributed by atoms with van der Waals surface area (Å²) in [6.07, 6.45) is 3.15. The number of nitrogens with zero attached hydrogens (tertiary/aromatic N) is 1. The van der Waals surface area contributed by atoms with Crippen molar-refractivity contribution in [3.8, 4) is 0 Å². The lowest BCUT2D eigenvalue weighted by Crippen LogP contribution is -2.42. The molecule has 1 aliphatic carbocycles. The first-order chi connectivity index (χ1) is 10.9. The molecule has 0 spiro atoms. The predicted molar refractivity (Wildman–Crippen MR) is 77.3 cm³/mol. The van der Waals surface area contributed by atoms with Crippen molar-refractivity contribution < 1.29 is 18.6 Å². The molecule has 2 heterocycles. The molecule has 3 atom stereocenters. The molecule has 23 heavy (non-hydrogen) atoms. The summed E-state index contributed by atoms with van der Waals surface area (Å²) < 4.78 is 34.5. The van der Waals surface area contributed by atoms with E-state index in [0.717, 1.165) is 30.7 Å². The Bertz CT molecular complexity index is 765. The molecule has 2 aliphatic rings. The monoisotopic (exact) mass is 326 g/mol. The molecule has 1 aromatic rings. The number of hydrogen-bond donors (Lipinski definition) is 2. The van der Waals surface area contributed by atoms with Gasteiger partial charge in [-0.3, -0.25) is 14.3 Å².